The normalized spacial score (nSPS) is 16.9. The van der Waals surface area contributed by atoms with Gasteiger partial charge in [0.15, 0.2) is 0 Å². The Labute approximate surface area is 162 Å². The molecule has 2 N–H and O–H groups in total. The predicted octanol–water partition coefficient (Wildman–Crippen LogP) is 3.33. The highest BCUT2D eigenvalue weighted by molar-refractivity contribution is 5.73. The van der Waals surface area contributed by atoms with E-state index in [1.165, 1.54) is 24.0 Å². The summed E-state index contributed by atoms with van der Waals surface area (Å²) >= 11 is 0. The molecule has 6 nitrogen and oxygen atoms in total. The second kappa shape index (κ2) is 9.04. The fourth-order valence-electron chi connectivity index (χ4n) is 3.74. The SMILES string of the molecule is Cc1ccccc1[C@@H](CNC(=O)N(C)Cc1ncc[nH]1)N1CCC(C)CC1. The number of nitrogens with one attached hydrogen (secondary N) is 2. The first-order chi connectivity index (χ1) is 13.0. The third-order valence-corrected chi connectivity index (χ3v) is 5.54. The van der Waals surface area contributed by atoms with Gasteiger partial charge in [-0.2, -0.15) is 0 Å². The molecular formula is C21H31N5O. The van der Waals surface area contributed by atoms with Gasteiger partial charge in [0.05, 0.1) is 12.6 Å². The average molecular weight is 370 g/mol. The molecule has 0 bridgehead atoms. The molecule has 146 valence electrons. The topological polar surface area (TPSA) is 64.3 Å². The number of hydrogen-bond donors (Lipinski definition) is 2. The van der Waals surface area contributed by atoms with E-state index in [-0.39, 0.29) is 12.1 Å². The first-order valence-electron chi connectivity index (χ1n) is 9.81. The third-order valence-electron chi connectivity index (χ3n) is 5.54. The molecule has 2 heterocycles. The first kappa shape index (κ1) is 19.4. The van der Waals surface area contributed by atoms with E-state index in [0.29, 0.717) is 13.1 Å². The Morgan fingerprint density at radius 2 is 2.11 bits per heavy atom. The van der Waals surface area contributed by atoms with E-state index in [9.17, 15) is 4.79 Å². The Hall–Kier alpha value is -2.34. The van der Waals surface area contributed by atoms with Gasteiger partial charge in [-0.05, 0) is 49.9 Å². The third kappa shape index (κ3) is 5.10. The van der Waals surface area contributed by atoms with E-state index in [1.54, 1.807) is 24.3 Å². The molecular weight excluding hydrogens is 338 g/mol. The summed E-state index contributed by atoms with van der Waals surface area (Å²) in [5.74, 6) is 1.57. The molecule has 1 aliphatic heterocycles. The number of aryl methyl sites for hydroxylation is 1. The van der Waals surface area contributed by atoms with Gasteiger partial charge in [-0.15, -0.1) is 0 Å². The molecule has 2 amide bonds. The molecule has 2 aromatic rings. The molecule has 6 heteroatoms. The number of hydrogen-bond acceptors (Lipinski definition) is 3. The summed E-state index contributed by atoms with van der Waals surface area (Å²) < 4.78 is 0. The maximum absolute atomic E-state index is 12.6. The average Bonchev–Trinajstić information content (AvgIpc) is 3.17. The van der Waals surface area contributed by atoms with Gasteiger partial charge in [0.25, 0.3) is 0 Å². The largest absolute Gasteiger partial charge is 0.347 e. The molecule has 0 radical (unpaired) electrons. The monoisotopic (exact) mass is 369 g/mol. The molecule has 3 rings (SSSR count). The van der Waals surface area contributed by atoms with Crippen LogP contribution in [0, 0.1) is 12.8 Å². The lowest BCUT2D eigenvalue weighted by molar-refractivity contribution is 0.133. The fourth-order valence-corrected chi connectivity index (χ4v) is 3.74. The summed E-state index contributed by atoms with van der Waals surface area (Å²) in [6, 6.07) is 8.64. The number of aromatic nitrogens is 2. The van der Waals surface area contributed by atoms with Crippen LogP contribution >= 0.6 is 0 Å². The van der Waals surface area contributed by atoms with E-state index in [4.69, 9.17) is 0 Å². The zero-order valence-corrected chi connectivity index (χ0v) is 16.6. The van der Waals surface area contributed by atoms with Gasteiger partial charge < -0.3 is 15.2 Å². The molecule has 0 saturated carbocycles. The van der Waals surface area contributed by atoms with Crippen LogP contribution in [-0.2, 0) is 6.54 Å². The van der Waals surface area contributed by atoms with E-state index < -0.39 is 0 Å². The Kier molecular flexibility index (Phi) is 6.50. The number of benzene rings is 1. The van der Waals surface area contributed by atoms with Crippen LogP contribution in [0.2, 0.25) is 0 Å². The molecule has 1 saturated heterocycles. The minimum atomic E-state index is -0.0737. The lowest BCUT2D eigenvalue weighted by Crippen LogP contribution is -2.45. The fraction of sp³-hybridized carbons (Fsp3) is 0.524. The van der Waals surface area contributed by atoms with Crippen LogP contribution in [0.1, 0.15) is 42.8 Å². The first-order valence-corrected chi connectivity index (χ1v) is 9.81. The maximum Gasteiger partial charge on any atom is 0.317 e. The number of likely N-dealkylation sites (tertiary alicyclic amines) is 1. The summed E-state index contributed by atoms with van der Waals surface area (Å²) in [5, 5.41) is 3.13. The van der Waals surface area contributed by atoms with Crippen LogP contribution in [-0.4, -0.2) is 52.5 Å². The van der Waals surface area contributed by atoms with E-state index in [0.717, 1.165) is 24.8 Å². The molecule has 27 heavy (non-hydrogen) atoms. The highest BCUT2D eigenvalue weighted by atomic mass is 16.2. The van der Waals surface area contributed by atoms with E-state index in [2.05, 4.69) is 58.3 Å². The summed E-state index contributed by atoms with van der Waals surface area (Å²) in [5.41, 5.74) is 2.58. The number of aromatic amines is 1. The van der Waals surface area contributed by atoms with Crippen molar-refractivity contribution in [1.29, 1.82) is 0 Å². The second-order valence-corrected chi connectivity index (χ2v) is 7.67. The minimum Gasteiger partial charge on any atom is -0.347 e. The number of rotatable bonds is 6. The van der Waals surface area contributed by atoms with Gasteiger partial charge in [-0.1, -0.05) is 31.2 Å². The van der Waals surface area contributed by atoms with Crippen molar-refractivity contribution in [2.24, 2.45) is 5.92 Å². The Morgan fingerprint density at radius 1 is 1.37 bits per heavy atom. The van der Waals surface area contributed by atoms with Crippen molar-refractivity contribution in [2.45, 2.75) is 39.3 Å². The van der Waals surface area contributed by atoms with Crippen molar-refractivity contribution in [3.8, 4) is 0 Å². The lowest BCUT2D eigenvalue weighted by Gasteiger charge is -2.38. The lowest BCUT2D eigenvalue weighted by atomic mass is 9.94. The number of H-pyrrole nitrogens is 1. The highest BCUT2D eigenvalue weighted by Gasteiger charge is 2.26. The van der Waals surface area contributed by atoms with Gasteiger partial charge in [0.2, 0.25) is 0 Å². The zero-order chi connectivity index (χ0) is 19.2. The highest BCUT2D eigenvalue weighted by Crippen LogP contribution is 2.28. The zero-order valence-electron chi connectivity index (χ0n) is 16.6. The number of amides is 2. The molecule has 0 aliphatic carbocycles. The summed E-state index contributed by atoms with van der Waals surface area (Å²) in [6.07, 6.45) is 5.91. The van der Waals surface area contributed by atoms with Crippen molar-refractivity contribution in [3.63, 3.8) is 0 Å². The molecule has 1 aromatic heterocycles. The summed E-state index contributed by atoms with van der Waals surface area (Å²) in [7, 11) is 1.79. The maximum atomic E-state index is 12.6. The van der Waals surface area contributed by atoms with Crippen LogP contribution in [0.15, 0.2) is 36.7 Å². The van der Waals surface area contributed by atoms with Crippen molar-refractivity contribution in [1.82, 2.24) is 25.1 Å². The van der Waals surface area contributed by atoms with Crippen LogP contribution in [0.25, 0.3) is 0 Å². The van der Waals surface area contributed by atoms with Gasteiger partial charge in [0.1, 0.15) is 5.82 Å². The Morgan fingerprint density at radius 3 is 2.78 bits per heavy atom. The molecule has 1 fully saturated rings. The van der Waals surface area contributed by atoms with Crippen molar-refractivity contribution in [3.05, 3.63) is 53.6 Å². The standard InChI is InChI=1S/C21H31N5O/c1-16-8-12-26(13-9-16)19(18-7-5-4-6-17(18)2)14-24-21(27)25(3)15-20-22-10-11-23-20/h4-7,10-11,16,19H,8-9,12-15H2,1-3H3,(H,22,23)(H,24,27)/t19-/m1/s1. The minimum absolute atomic E-state index is 0.0737. The Bertz CT molecular complexity index is 722. The predicted molar refractivity (Wildman–Crippen MR) is 107 cm³/mol. The number of nitrogens with zero attached hydrogens (tertiary/aromatic N) is 3. The molecule has 1 aliphatic rings. The van der Waals surface area contributed by atoms with Gasteiger partial charge >= 0.3 is 6.03 Å². The smallest absolute Gasteiger partial charge is 0.317 e. The van der Waals surface area contributed by atoms with Crippen LogP contribution in [0.3, 0.4) is 0 Å². The van der Waals surface area contributed by atoms with Crippen molar-refractivity contribution in [2.75, 3.05) is 26.7 Å². The van der Waals surface area contributed by atoms with E-state index >= 15 is 0 Å². The number of carbonyl (C=O) groups excluding carboxylic acids is 1. The quantitative estimate of drug-likeness (QED) is 0.821. The van der Waals surface area contributed by atoms with Crippen LogP contribution in [0.5, 0.6) is 0 Å². The summed E-state index contributed by atoms with van der Waals surface area (Å²) in [4.78, 5) is 24.0. The van der Waals surface area contributed by atoms with Crippen LogP contribution in [0.4, 0.5) is 4.79 Å². The van der Waals surface area contributed by atoms with Crippen molar-refractivity contribution < 1.29 is 4.79 Å². The molecule has 1 aromatic carbocycles. The molecule has 0 spiro atoms. The van der Waals surface area contributed by atoms with E-state index in [1.807, 2.05) is 0 Å². The number of carbonyl (C=O) groups is 1. The second-order valence-electron chi connectivity index (χ2n) is 7.67. The molecule has 1 atom stereocenters. The summed E-state index contributed by atoms with van der Waals surface area (Å²) in [6.45, 7) is 7.72. The van der Waals surface area contributed by atoms with Crippen molar-refractivity contribution >= 4 is 6.03 Å². The van der Waals surface area contributed by atoms with Crippen LogP contribution < -0.4 is 5.32 Å². The number of piperidine rings is 1. The van der Waals surface area contributed by atoms with Gasteiger partial charge in [-0.25, -0.2) is 9.78 Å². The Balaban J connectivity index is 1.66. The number of imidazole rings is 1. The van der Waals surface area contributed by atoms with Gasteiger partial charge in [0, 0.05) is 26.0 Å². The number of urea groups is 1. The van der Waals surface area contributed by atoms with Gasteiger partial charge in [-0.3, -0.25) is 4.90 Å². The molecule has 0 unspecified atom stereocenters.